The topological polar surface area (TPSA) is 71.0 Å². The molecule has 0 saturated carbocycles. The molecule has 5 rings (SSSR count). The molecule has 3 aliphatic rings. The van der Waals surface area contributed by atoms with Crippen molar-refractivity contribution in [2.45, 2.75) is 58.0 Å². The minimum Gasteiger partial charge on any atom is -0.466 e. The molecule has 0 bridgehead atoms. The summed E-state index contributed by atoms with van der Waals surface area (Å²) in [5, 5.41) is 6.05. The van der Waals surface area contributed by atoms with E-state index in [9.17, 15) is 9.59 Å². The van der Waals surface area contributed by atoms with Crippen LogP contribution in [0.3, 0.4) is 0 Å². The molecular weight excluding hydrogens is 470 g/mol. The molecule has 2 aliphatic heterocycles. The quantitative estimate of drug-likeness (QED) is 0.513. The van der Waals surface area contributed by atoms with Gasteiger partial charge in [0.2, 0.25) is 5.91 Å². The zero-order valence-electron chi connectivity index (χ0n) is 20.9. The number of carbonyl (C=O) groups excluding carboxylic acids is 2. The maximum atomic E-state index is 13.3. The van der Waals surface area contributed by atoms with Crippen LogP contribution in [-0.2, 0) is 20.7 Å². The summed E-state index contributed by atoms with van der Waals surface area (Å²) in [7, 11) is 1.40. The van der Waals surface area contributed by atoms with E-state index >= 15 is 0 Å². The van der Waals surface area contributed by atoms with Crippen molar-refractivity contribution >= 4 is 28.8 Å². The Kier molecular flexibility index (Phi) is 7.01. The van der Waals surface area contributed by atoms with E-state index in [-0.39, 0.29) is 24.3 Å². The average molecular weight is 502 g/mol. The van der Waals surface area contributed by atoms with Crippen molar-refractivity contribution in [3.63, 3.8) is 0 Å². The average Bonchev–Trinajstić information content (AvgIpc) is 3.29. The highest BCUT2D eigenvalue weighted by molar-refractivity contribution is 8.16. The van der Waals surface area contributed by atoms with Gasteiger partial charge in [-0.2, -0.15) is 0 Å². The third-order valence-corrected chi connectivity index (χ3v) is 7.92. The van der Waals surface area contributed by atoms with E-state index in [0.717, 1.165) is 47.0 Å². The Morgan fingerprint density at radius 3 is 2.81 bits per heavy atom. The minimum atomic E-state index is -0.399. The number of aryl methyl sites for hydroxylation is 2. The summed E-state index contributed by atoms with van der Waals surface area (Å²) in [4.78, 5) is 33.2. The standard InChI is InChI=1S/C29H31N3O3S/c1-4-23-26(28(34)35-3)27(20-12-7-9-18(2)15-20)32-21(17-36-29(32)31-23)16-25(33)30-24-14-8-11-19-10-5-6-13-22(19)24/h5-7,9-10,12-13,15,17,24,27H,4,8,11,14,16H2,1-3H3,(H,30,33)/t24-,27+/m0/s1. The summed E-state index contributed by atoms with van der Waals surface area (Å²) < 4.78 is 5.20. The Morgan fingerprint density at radius 1 is 1.19 bits per heavy atom. The largest absolute Gasteiger partial charge is 0.466 e. The number of methoxy groups -OCH3 is 1. The molecule has 1 aliphatic carbocycles. The van der Waals surface area contributed by atoms with Gasteiger partial charge in [0.1, 0.15) is 0 Å². The Hall–Kier alpha value is -3.32. The van der Waals surface area contributed by atoms with E-state index in [1.54, 1.807) is 0 Å². The highest BCUT2D eigenvalue weighted by Gasteiger charge is 2.41. The zero-order valence-corrected chi connectivity index (χ0v) is 21.7. The molecule has 6 nitrogen and oxygen atoms in total. The number of aliphatic imine (C=N–C) groups is 1. The van der Waals surface area contributed by atoms with Gasteiger partial charge in [0, 0.05) is 5.70 Å². The van der Waals surface area contributed by atoms with Crippen LogP contribution >= 0.6 is 11.8 Å². The van der Waals surface area contributed by atoms with E-state index in [1.165, 1.54) is 30.0 Å². The van der Waals surface area contributed by atoms with Crippen LogP contribution in [0.15, 0.2) is 75.9 Å². The predicted molar refractivity (Wildman–Crippen MR) is 143 cm³/mol. The summed E-state index contributed by atoms with van der Waals surface area (Å²) in [6.45, 7) is 4.03. The number of amidine groups is 1. The smallest absolute Gasteiger partial charge is 0.338 e. The van der Waals surface area contributed by atoms with Gasteiger partial charge in [-0.25, -0.2) is 9.79 Å². The highest BCUT2D eigenvalue weighted by Crippen LogP contribution is 2.45. The van der Waals surface area contributed by atoms with Gasteiger partial charge in [0.15, 0.2) is 5.17 Å². The van der Waals surface area contributed by atoms with Crippen LogP contribution in [0.2, 0.25) is 0 Å². The molecule has 2 heterocycles. The first-order valence-electron chi connectivity index (χ1n) is 12.5. The number of fused-ring (bicyclic) bond motifs is 2. The first kappa shape index (κ1) is 24.4. The number of ether oxygens (including phenoxy) is 1. The van der Waals surface area contributed by atoms with Gasteiger partial charge in [-0.3, -0.25) is 4.79 Å². The predicted octanol–water partition coefficient (Wildman–Crippen LogP) is 5.72. The van der Waals surface area contributed by atoms with E-state index < -0.39 is 6.04 Å². The van der Waals surface area contributed by atoms with Crippen LogP contribution < -0.4 is 5.32 Å². The lowest BCUT2D eigenvalue weighted by Crippen LogP contribution is -2.38. The Bertz CT molecular complexity index is 1300. The number of hydrogen-bond donors (Lipinski definition) is 1. The Balaban J connectivity index is 1.44. The van der Waals surface area contributed by atoms with Crippen molar-refractivity contribution < 1.29 is 14.3 Å². The lowest BCUT2D eigenvalue weighted by molar-refractivity contribution is -0.136. The minimum absolute atomic E-state index is 0.0244. The number of benzene rings is 2. The first-order valence-corrected chi connectivity index (χ1v) is 13.4. The van der Waals surface area contributed by atoms with Crippen molar-refractivity contribution in [3.8, 4) is 0 Å². The fraction of sp³-hybridized carbons (Fsp3) is 0.345. The van der Waals surface area contributed by atoms with Crippen LogP contribution in [0, 0.1) is 6.92 Å². The molecule has 0 unspecified atom stereocenters. The van der Waals surface area contributed by atoms with Gasteiger partial charge < -0.3 is 15.0 Å². The molecule has 2 aromatic carbocycles. The van der Waals surface area contributed by atoms with Crippen molar-refractivity contribution in [3.05, 3.63) is 93.2 Å². The summed E-state index contributed by atoms with van der Waals surface area (Å²) in [5.41, 5.74) is 6.70. The zero-order chi connectivity index (χ0) is 25.2. The number of nitrogens with one attached hydrogen (secondary N) is 1. The normalized spacial score (nSPS) is 20.8. The van der Waals surface area contributed by atoms with E-state index in [2.05, 4.69) is 29.6 Å². The number of allylic oxidation sites excluding steroid dienone is 1. The highest BCUT2D eigenvalue weighted by atomic mass is 32.2. The molecule has 7 heteroatoms. The van der Waals surface area contributed by atoms with Crippen molar-refractivity contribution in [2.24, 2.45) is 4.99 Å². The molecule has 0 saturated heterocycles. The summed E-state index contributed by atoms with van der Waals surface area (Å²) in [5.74, 6) is -0.418. The van der Waals surface area contributed by atoms with E-state index in [1.807, 2.05) is 48.4 Å². The van der Waals surface area contributed by atoms with Crippen LogP contribution in [0.1, 0.15) is 66.9 Å². The number of thioether (sulfide) groups is 1. The molecule has 2 atom stereocenters. The third-order valence-electron chi connectivity index (χ3n) is 7.03. The van der Waals surface area contributed by atoms with E-state index in [4.69, 9.17) is 9.73 Å². The number of hydrogen-bond acceptors (Lipinski definition) is 6. The second kappa shape index (κ2) is 10.3. The maximum absolute atomic E-state index is 13.3. The van der Waals surface area contributed by atoms with Crippen molar-refractivity contribution in [1.82, 2.24) is 10.2 Å². The third kappa shape index (κ3) is 4.60. The molecule has 1 N–H and O–H groups in total. The molecule has 0 aromatic heterocycles. The second-order valence-corrected chi connectivity index (χ2v) is 10.2. The van der Waals surface area contributed by atoms with E-state index in [0.29, 0.717) is 12.0 Å². The van der Waals surface area contributed by atoms with Gasteiger partial charge in [-0.1, -0.05) is 72.8 Å². The number of esters is 1. The Labute approximate surface area is 216 Å². The summed E-state index contributed by atoms with van der Waals surface area (Å²) in [6.07, 6.45) is 3.88. The molecule has 36 heavy (non-hydrogen) atoms. The van der Waals surface area contributed by atoms with Crippen molar-refractivity contribution in [1.29, 1.82) is 0 Å². The molecule has 1 amide bonds. The van der Waals surface area contributed by atoms with Crippen LogP contribution in [0.25, 0.3) is 0 Å². The van der Waals surface area contributed by atoms with Gasteiger partial charge in [0.05, 0.1) is 36.9 Å². The first-order chi connectivity index (χ1) is 17.5. The lowest BCUT2D eigenvalue weighted by Gasteiger charge is -2.37. The molecule has 2 aromatic rings. The van der Waals surface area contributed by atoms with Crippen molar-refractivity contribution in [2.75, 3.05) is 7.11 Å². The number of amides is 1. The van der Waals surface area contributed by atoms with Crippen LogP contribution in [0.4, 0.5) is 0 Å². The molecule has 186 valence electrons. The van der Waals surface area contributed by atoms with Crippen LogP contribution in [0.5, 0.6) is 0 Å². The second-order valence-electron chi connectivity index (χ2n) is 9.40. The van der Waals surface area contributed by atoms with Gasteiger partial charge in [-0.05, 0) is 54.7 Å². The number of carbonyl (C=O) groups is 2. The number of rotatable bonds is 6. The Morgan fingerprint density at radius 2 is 2.03 bits per heavy atom. The summed E-state index contributed by atoms with van der Waals surface area (Å²) in [6, 6.07) is 16.1. The van der Waals surface area contributed by atoms with Gasteiger partial charge >= 0.3 is 5.97 Å². The van der Waals surface area contributed by atoms with Crippen LogP contribution in [-0.4, -0.2) is 29.1 Å². The molecular formula is C29H31N3O3S. The number of nitrogens with zero attached hydrogens (tertiary/aromatic N) is 2. The van der Waals surface area contributed by atoms with Gasteiger partial charge in [-0.15, -0.1) is 0 Å². The molecule has 0 fully saturated rings. The lowest BCUT2D eigenvalue weighted by atomic mass is 9.87. The molecule has 0 spiro atoms. The maximum Gasteiger partial charge on any atom is 0.338 e. The summed E-state index contributed by atoms with van der Waals surface area (Å²) >= 11 is 1.50. The molecule has 0 radical (unpaired) electrons. The SMILES string of the molecule is CCC1=C(C(=O)OC)[C@@H](c2cccc(C)c2)N2C(CC(=O)N[C@H]3CCCc4ccccc43)=CSC2=N1. The fourth-order valence-corrected chi connectivity index (χ4v) is 6.32. The fourth-order valence-electron chi connectivity index (χ4n) is 5.38. The van der Waals surface area contributed by atoms with Gasteiger partial charge in [0.25, 0.3) is 0 Å². The monoisotopic (exact) mass is 501 g/mol.